The molecule has 0 bridgehead atoms. The fraction of sp³-hybridized carbons (Fsp3) is 0.263. The molecule has 0 saturated heterocycles. The van der Waals surface area contributed by atoms with E-state index < -0.39 is 6.04 Å². The molecule has 2 aliphatic rings. The van der Waals surface area contributed by atoms with Crippen LogP contribution in [0.2, 0.25) is 0 Å². The molecule has 0 aliphatic carbocycles. The third-order valence-corrected chi connectivity index (χ3v) is 4.89. The molecule has 1 N–H and O–H groups in total. The van der Waals surface area contributed by atoms with Crippen molar-refractivity contribution in [2.45, 2.75) is 18.6 Å². The summed E-state index contributed by atoms with van der Waals surface area (Å²) >= 11 is 0. The van der Waals surface area contributed by atoms with Crippen molar-refractivity contribution < 1.29 is 19.0 Å². The Morgan fingerprint density at radius 3 is 2.96 bits per heavy atom. The Kier molecular flexibility index (Phi) is 3.36. The smallest absolute Gasteiger partial charge is 0.324 e. The average molecular weight is 351 g/mol. The van der Waals surface area contributed by atoms with Gasteiger partial charge in [-0.25, -0.2) is 4.98 Å². The van der Waals surface area contributed by atoms with E-state index in [4.69, 9.17) is 19.2 Å². The number of imidazole rings is 1. The van der Waals surface area contributed by atoms with Crippen molar-refractivity contribution in [1.29, 1.82) is 0 Å². The molecule has 7 heteroatoms. The number of carbonyl (C=O) groups excluding carboxylic acids is 1. The van der Waals surface area contributed by atoms with E-state index in [0.29, 0.717) is 12.3 Å². The number of nitrogens with zero attached hydrogens (tertiary/aromatic N) is 2. The molecule has 3 heterocycles. The number of ether oxygens (including phenoxy) is 3. The van der Waals surface area contributed by atoms with Crippen molar-refractivity contribution in [3.8, 4) is 11.5 Å². The third-order valence-electron chi connectivity index (χ3n) is 4.89. The van der Waals surface area contributed by atoms with Crippen molar-refractivity contribution in [3.63, 3.8) is 0 Å². The van der Waals surface area contributed by atoms with Crippen LogP contribution in [0.5, 0.6) is 11.5 Å². The van der Waals surface area contributed by atoms with Gasteiger partial charge in [-0.3, -0.25) is 10.1 Å². The van der Waals surface area contributed by atoms with Crippen LogP contribution < -0.4 is 14.8 Å². The van der Waals surface area contributed by atoms with E-state index in [2.05, 4.69) is 9.88 Å². The SMILES string of the molecule is COC(=O)C1Cn2c(nc3ccccc32)C(c2ccc3c(c2)OCO3)N1. The summed E-state index contributed by atoms with van der Waals surface area (Å²) in [5.74, 6) is 2.00. The second-order valence-electron chi connectivity index (χ2n) is 6.36. The van der Waals surface area contributed by atoms with Crippen LogP contribution in [0.3, 0.4) is 0 Å². The molecule has 7 nitrogen and oxygen atoms in total. The quantitative estimate of drug-likeness (QED) is 0.712. The van der Waals surface area contributed by atoms with Crippen LogP contribution in [-0.4, -0.2) is 35.5 Å². The van der Waals surface area contributed by atoms with Crippen LogP contribution in [0.25, 0.3) is 11.0 Å². The monoisotopic (exact) mass is 351 g/mol. The molecule has 3 aromatic rings. The van der Waals surface area contributed by atoms with Gasteiger partial charge in [0.25, 0.3) is 0 Å². The zero-order chi connectivity index (χ0) is 17.7. The van der Waals surface area contributed by atoms with Crippen LogP contribution in [0.15, 0.2) is 42.5 Å². The van der Waals surface area contributed by atoms with Gasteiger partial charge in [0, 0.05) is 0 Å². The first-order chi connectivity index (χ1) is 12.7. The highest BCUT2D eigenvalue weighted by atomic mass is 16.7. The molecule has 0 fully saturated rings. The molecule has 0 spiro atoms. The normalized spacial score (nSPS) is 20.8. The molecule has 132 valence electrons. The van der Waals surface area contributed by atoms with Crippen LogP contribution >= 0.6 is 0 Å². The maximum absolute atomic E-state index is 12.2. The van der Waals surface area contributed by atoms with Crippen LogP contribution in [0.4, 0.5) is 0 Å². The second-order valence-corrected chi connectivity index (χ2v) is 6.36. The molecule has 5 rings (SSSR count). The number of hydrogen-bond donors (Lipinski definition) is 1. The lowest BCUT2D eigenvalue weighted by molar-refractivity contribution is -0.144. The number of aromatic nitrogens is 2. The lowest BCUT2D eigenvalue weighted by atomic mass is 10.0. The summed E-state index contributed by atoms with van der Waals surface area (Å²) in [5, 5.41) is 3.37. The van der Waals surface area contributed by atoms with E-state index in [1.54, 1.807) is 0 Å². The standard InChI is InChI=1S/C19H17N3O4/c1-24-19(23)13-9-22-14-5-3-2-4-12(14)21-18(22)17(20-13)11-6-7-15-16(8-11)26-10-25-15/h2-8,13,17,20H,9-10H2,1H3. The Morgan fingerprint density at radius 2 is 2.08 bits per heavy atom. The first-order valence-corrected chi connectivity index (χ1v) is 8.43. The van der Waals surface area contributed by atoms with Gasteiger partial charge in [-0.05, 0) is 29.8 Å². The minimum atomic E-state index is -0.458. The summed E-state index contributed by atoms with van der Waals surface area (Å²) in [6.45, 7) is 0.698. The molecular weight excluding hydrogens is 334 g/mol. The summed E-state index contributed by atoms with van der Waals surface area (Å²) < 4.78 is 18.0. The number of hydrogen-bond acceptors (Lipinski definition) is 6. The van der Waals surface area contributed by atoms with Crippen molar-refractivity contribution in [1.82, 2.24) is 14.9 Å². The number of benzene rings is 2. The Balaban J connectivity index is 1.65. The van der Waals surface area contributed by atoms with Crippen LogP contribution in [0.1, 0.15) is 17.4 Å². The summed E-state index contributed by atoms with van der Waals surface area (Å²) in [5.41, 5.74) is 2.86. The zero-order valence-corrected chi connectivity index (χ0v) is 14.1. The number of rotatable bonds is 2. The van der Waals surface area contributed by atoms with Gasteiger partial charge in [-0.2, -0.15) is 0 Å². The predicted octanol–water partition coefficient (Wildman–Crippen LogP) is 2.00. The maximum Gasteiger partial charge on any atom is 0.324 e. The molecule has 2 unspecified atom stereocenters. The largest absolute Gasteiger partial charge is 0.468 e. The lowest BCUT2D eigenvalue weighted by Gasteiger charge is -2.31. The van der Waals surface area contributed by atoms with Gasteiger partial charge in [0.05, 0.1) is 30.7 Å². The third kappa shape index (κ3) is 2.24. The van der Waals surface area contributed by atoms with Gasteiger partial charge < -0.3 is 18.8 Å². The zero-order valence-electron chi connectivity index (χ0n) is 14.1. The maximum atomic E-state index is 12.2. The minimum Gasteiger partial charge on any atom is -0.468 e. The summed E-state index contributed by atoms with van der Waals surface area (Å²) in [6.07, 6.45) is 0. The molecule has 2 atom stereocenters. The fourth-order valence-electron chi connectivity index (χ4n) is 3.64. The van der Waals surface area contributed by atoms with E-state index in [1.807, 2.05) is 42.5 Å². The van der Waals surface area contributed by atoms with Crippen LogP contribution in [0, 0.1) is 0 Å². The number of nitrogens with one attached hydrogen (secondary N) is 1. The first-order valence-electron chi connectivity index (χ1n) is 8.43. The number of para-hydroxylation sites is 2. The van der Waals surface area contributed by atoms with E-state index in [9.17, 15) is 4.79 Å². The van der Waals surface area contributed by atoms with Crippen molar-refractivity contribution >= 4 is 17.0 Å². The minimum absolute atomic E-state index is 0.222. The Labute approximate surface area is 149 Å². The fourth-order valence-corrected chi connectivity index (χ4v) is 3.64. The highest BCUT2D eigenvalue weighted by molar-refractivity contribution is 5.79. The summed E-state index contributed by atoms with van der Waals surface area (Å²) in [7, 11) is 1.40. The van der Waals surface area contributed by atoms with Gasteiger partial charge in [0.1, 0.15) is 11.9 Å². The molecule has 0 radical (unpaired) electrons. The number of methoxy groups -OCH3 is 1. The van der Waals surface area contributed by atoms with Gasteiger partial charge >= 0.3 is 5.97 Å². The Hall–Kier alpha value is -3.06. The predicted molar refractivity (Wildman–Crippen MR) is 93.1 cm³/mol. The van der Waals surface area contributed by atoms with Crippen LogP contribution in [-0.2, 0) is 16.1 Å². The van der Waals surface area contributed by atoms with Gasteiger partial charge in [-0.1, -0.05) is 18.2 Å². The summed E-state index contributed by atoms with van der Waals surface area (Å²) in [6, 6.07) is 13.0. The Morgan fingerprint density at radius 1 is 1.23 bits per heavy atom. The van der Waals surface area contributed by atoms with Crippen molar-refractivity contribution in [3.05, 3.63) is 53.9 Å². The molecule has 0 amide bonds. The van der Waals surface area contributed by atoms with E-state index in [0.717, 1.165) is 28.2 Å². The average Bonchev–Trinajstić information content (AvgIpc) is 3.30. The van der Waals surface area contributed by atoms with Crippen molar-refractivity contribution in [2.24, 2.45) is 0 Å². The molecule has 2 aromatic carbocycles. The Bertz CT molecular complexity index is 1010. The van der Waals surface area contributed by atoms with Gasteiger partial charge in [0.15, 0.2) is 11.5 Å². The second kappa shape index (κ2) is 5.74. The first kappa shape index (κ1) is 15.2. The molecular formula is C19H17N3O4. The molecule has 26 heavy (non-hydrogen) atoms. The summed E-state index contributed by atoms with van der Waals surface area (Å²) in [4.78, 5) is 17.0. The topological polar surface area (TPSA) is 74.6 Å². The molecule has 2 aliphatic heterocycles. The number of carbonyl (C=O) groups is 1. The van der Waals surface area contributed by atoms with Gasteiger partial charge in [0.2, 0.25) is 6.79 Å². The molecule has 0 saturated carbocycles. The lowest BCUT2D eigenvalue weighted by Crippen LogP contribution is -2.48. The number of fused-ring (bicyclic) bond motifs is 4. The number of esters is 1. The van der Waals surface area contributed by atoms with E-state index in [-0.39, 0.29) is 18.8 Å². The van der Waals surface area contributed by atoms with Gasteiger partial charge in [-0.15, -0.1) is 0 Å². The highest BCUT2D eigenvalue weighted by Crippen LogP contribution is 2.37. The van der Waals surface area contributed by atoms with Crippen molar-refractivity contribution in [2.75, 3.05) is 13.9 Å². The van der Waals surface area contributed by atoms with E-state index in [1.165, 1.54) is 7.11 Å². The molecule has 1 aromatic heterocycles. The van der Waals surface area contributed by atoms with E-state index >= 15 is 0 Å². The highest BCUT2D eigenvalue weighted by Gasteiger charge is 2.35.